The number of carbonyl (C=O) groups is 2. The van der Waals surface area contributed by atoms with Crippen molar-refractivity contribution in [2.75, 3.05) is 6.61 Å². The van der Waals surface area contributed by atoms with Gasteiger partial charge in [0.25, 0.3) is 0 Å². The number of nitrogens with one attached hydrogen (secondary N) is 1. The van der Waals surface area contributed by atoms with Crippen molar-refractivity contribution in [3.8, 4) is 11.5 Å². The Bertz CT molecular complexity index is 980. The molecule has 0 saturated carbocycles. The Morgan fingerprint density at radius 3 is 2.52 bits per heavy atom. The molecule has 180 valence electrons. The van der Waals surface area contributed by atoms with Crippen molar-refractivity contribution in [1.29, 1.82) is 0 Å². The van der Waals surface area contributed by atoms with Crippen molar-refractivity contribution in [2.24, 2.45) is 5.92 Å². The van der Waals surface area contributed by atoms with Gasteiger partial charge in [-0.2, -0.15) is 5.09 Å². The van der Waals surface area contributed by atoms with Crippen LogP contribution in [0.2, 0.25) is 0 Å². The van der Waals surface area contributed by atoms with Crippen LogP contribution >= 0.6 is 7.75 Å². The van der Waals surface area contributed by atoms with E-state index in [0.717, 1.165) is 12.8 Å². The van der Waals surface area contributed by atoms with E-state index in [1.165, 1.54) is 13.1 Å². The Hall–Kier alpha value is -2.74. The zero-order chi connectivity index (χ0) is 24.4. The molecule has 2 aromatic rings. The lowest BCUT2D eigenvalue weighted by Crippen LogP contribution is -2.35. The predicted molar refractivity (Wildman–Crippen MR) is 123 cm³/mol. The van der Waals surface area contributed by atoms with Gasteiger partial charge in [0.05, 0.1) is 24.5 Å². The van der Waals surface area contributed by atoms with E-state index in [4.69, 9.17) is 13.8 Å². The third-order valence-corrected chi connectivity index (χ3v) is 6.78. The average Bonchev–Trinajstić information content (AvgIpc) is 2.80. The van der Waals surface area contributed by atoms with Crippen molar-refractivity contribution in [2.45, 2.75) is 53.2 Å². The van der Waals surface area contributed by atoms with Crippen molar-refractivity contribution in [1.82, 2.24) is 10.1 Å². The van der Waals surface area contributed by atoms with Gasteiger partial charge in [0.2, 0.25) is 0 Å². The number of ether oxygens (including phenoxy) is 1. The molecular weight excluding hydrogens is 447 g/mol. The summed E-state index contributed by atoms with van der Waals surface area (Å²) in [5, 5.41) is 12.7. The van der Waals surface area contributed by atoms with Gasteiger partial charge in [-0.15, -0.1) is 0 Å². The molecule has 0 amide bonds. The Labute approximate surface area is 194 Å². The number of nitrogens with zero attached hydrogens (tertiary/aromatic N) is 1. The van der Waals surface area contributed by atoms with E-state index in [9.17, 15) is 19.3 Å². The number of aromatic hydroxyl groups is 1. The van der Waals surface area contributed by atoms with Crippen LogP contribution in [0.1, 0.15) is 55.2 Å². The molecule has 0 radical (unpaired) electrons. The van der Waals surface area contributed by atoms with Gasteiger partial charge in [-0.1, -0.05) is 44.9 Å². The van der Waals surface area contributed by atoms with Crippen LogP contribution in [0.3, 0.4) is 0 Å². The molecule has 0 fully saturated rings. The standard InChI is InChI=1S/C23H31N2O7P/c1-5-18(6-2)14-30-23(28)17(4)25-33(29,32-20-10-8-7-9-11-20)31-15-19-12-24-16(3)22(27)21(19)13-26/h7-13,17-18,27H,5-6,14-15H2,1-4H3,(H,25,29). The first-order chi connectivity index (χ1) is 15.7. The number of hydrogen-bond acceptors (Lipinski definition) is 8. The van der Waals surface area contributed by atoms with Gasteiger partial charge in [-0.3, -0.25) is 19.1 Å². The number of benzene rings is 1. The lowest BCUT2D eigenvalue weighted by Gasteiger charge is -2.23. The lowest BCUT2D eigenvalue weighted by molar-refractivity contribution is -0.146. The molecule has 1 heterocycles. The molecule has 33 heavy (non-hydrogen) atoms. The number of rotatable bonds is 13. The molecule has 0 saturated heterocycles. The first-order valence-corrected chi connectivity index (χ1v) is 12.3. The number of aromatic nitrogens is 1. The van der Waals surface area contributed by atoms with Crippen LogP contribution in [0.5, 0.6) is 11.5 Å². The van der Waals surface area contributed by atoms with Crippen molar-refractivity contribution in [3.63, 3.8) is 0 Å². The molecule has 1 aromatic carbocycles. The summed E-state index contributed by atoms with van der Waals surface area (Å²) in [7, 11) is -4.11. The number of para-hydroxylation sites is 1. The third-order valence-electron chi connectivity index (χ3n) is 5.16. The molecule has 2 unspecified atom stereocenters. The molecule has 0 aliphatic heterocycles. The topological polar surface area (TPSA) is 124 Å². The summed E-state index contributed by atoms with van der Waals surface area (Å²) in [5.41, 5.74) is 0.471. The fourth-order valence-electron chi connectivity index (χ4n) is 2.90. The van der Waals surface area contributed by atoms with Crippen LogP contribution in [-0.2, 0) is 25.2 Å². The highest BCUT2D eigenvalue weighted by Gasteiger charge is 2.33. The minimum atomic E-state index is -4.11. The van der Waals surface area contributed by atoms with Crippen LogP contribution in [0.4, 0.5) is 0 Å². The molecule has 0 spiro atoms. The highest BCUT2D eigenvalue weighted by atomic mass is 31.2. The van der Waals surface area contributed by atoms with Gasteiger partial charge >= 0.3 is 13.7 Å². The molecule has 1 aromatic heterocycles. The van der Waals surface area contributed by atoms with E-state index in [-0.39, 0.29) is 47.5 Å². The fourth-order valence-corrected chi connectivity index (χ4v) is 4.37. The van der Waals surface area contributed by atoms with Crippen LogP contribution in [0.25, 0.3) is 0 Å². The quantitative estimate of drug-likeness (QED) is 0.242. The van der Waals surface area contributed by atoms with Crippen LogP contribution < -0.4 is 9.61 Å². The molecule has 2 atom stereocenters. The predicted octanol–water partition coefficient (Wildman–Crippen LogP) is 4.57. The van der Waals surface area contributed by atoms with Crippen molar-refractivity contribution in [3.05, 3.63) is 53.3 Å². The highest BCUT2D eigenvalue weighted by molar-refractivity contribution is 7.52. The molecular formula is C23H31N2O7P. The Balaban J connectivity index is 2.19. The maximum atomic E-state index is 13.5. The number of hydrogen-bond donors (Lipinski definition) is 2. The number of aryl methyl sites for hydroxylation is 1. The minimum absolute atomic E-state index is 0.0219. The SMILES string of the molecule is CCC(CC)COC(=O)C(C)NP(=O)(OCc1cnc(C)c(O)c1C=O)Oc1ccccc1. The summed E-state index contributed by atoms with van der Waals surface area (Å²) in [4.78, 5) is 27.9. The van der Waals surface area contributed by atoms with Crippen LogP contribution in [0, 0.1) is 12.8 Å². The molecule has 0 bridgehead atoms. The second-order valence-corrected chi connectivity index (χ2v) is 9.28. The maximum Gasteiger partial charge on any atom is 0.459 e. The van der Waals surface area contributed by atoms with E-state index < -0.39 is 19.8 Å². The summed E-state index contributed by atoms with van der Waals surface area (Å²) in [6.07, 6.45) is 3.57. The molecule has 2 rings (SSSR count). The van der Waals surface area contributed by atoms with Gasteiger partial charge in [0, 0.05) is 11.8 Å². The zero-order valence-electron chi connectivity index (χ0n) is 19.3. The fraction of sp³-hybridized carbons (Fsp3) is 0.435. The maximum absolute atomic E-state index is 13.5. The number of pyridine rings is 1. The van der Waals surface area contributed by atoms with E-state index in [1.807, 2.05) is 13.8 Å². The second-order valence-electron chi connectivity index (χ2n) is 7.59. The van der Waals surface area contributed by atoms with Gasteiger partial charge in [0.1, 0.15) is 17.5 Å². The molecule has 2 N–H and O–H groups in total. The molecule has 0 aliphatic rings. The monoisotopic (exact) mass is 478 g/mol. The third kappa shape index (κ3) is 7.67. The first-order valence-electron chi connectivity index (χ1n) is 10.8. The van der Waals surface area contributed by atoms with E-state index >= 15 is 0 Å². The number of aldehydes is 1. The second kappa shape index (κ2) is 12.5. The largest absolute Gasteiger partial charge is 0.505 e. The Kier molecular flexibility index (Phi) is 10.0. The lowest BCUT2D eigenvalue weighted by atomic mass is 10.1. The first kappa shape index (κ1) is 26.5. The Morgan fingerprint density at radius 1 is 1.24 bits per heavy atom. The normalized spacial score (nSPS) is 13.8. The van der Waals surface area contributed by atoms with Gasteiger partial charge in [-0.05, 0) is 31.9 Å². The van der Waals surface area contributed by atoms with Crippen molar-refractivity contribution >= 4 is 20.0 Å². The summed E-state index contributed by atoms with van der Waals surface area (Å²) < 4.78 is 30.0. The van der Waals surface area contributed by atoms with Crippen LogP contribution in [0.15, 0.2) is 36.5 Å². The summed E-state index contributed by atoms with van der Waals surface area (Å²) in [5.74, 6) is -0.374. The van der Waals surface area contributed by atoms with Gasteiger partial charge in [-0.25, -0.2) is 4.57 Å². The zero-order valence-corrected chi connectivity index (χ0v) is 20.2. The summed E-state index contributed by atoms with van der Waals surface area (Å²) >= 11 is 0. The van der Waals surface area contributed by atoms with Crippen LogP contribution in [-0.4, -0.2) is 35.0 Å². The van der Waals surface area contributed by atoms with Gasteiger partial charge in [0.15, 0.2) is 6.29 Å². The van der Waals surface area contributed by atoms with E-state index in [0.29, 0.717) is 6.29 Å². The molecule has 10 heteroatoms. The number of carbonyl (C=O) groups excluding carboxylic acids is 2. The van der Waals surface area contributed by atoms with Crippen molar-refractivity contribution < 1.29 is 33.0 Å². The highest BCUT2D eigenvalue weighted by Crippen LogP contribution is 2.46. The molecule has 9 nitrogen and oxygen atoms in total. The summed E-state index contributed by atoms with van der Waals surface area (Å²) in [6.45, 7) is 6.99. The smallest absolute Gasteiger partial charge is 0.459 e. The minimum Gasteiger partial charge on any atom is -0.505 e. The Morgan fingerprint density at radius 2 is 1.91 bits per heavy atom. The number of esters is 1. The van der Waals surface area contributed by atoms with E-state index in [1.54, 1.807) is 37.3 Å². The summed E-state index contributed by atoms with van der Waals surface area (Å²) in [6, 6.07) is 7.33. The average molecular weight is 478 g/mol. The van der Waals surface area contributed by atoms with E-state index in [2.05, 4.69) is 10.1 Å². The molecule has 0 aliphatic carbocycles. The van der Waals surface area contributed by atoms with Gasteiger partial charge < -0.3 is 14.4 Å².